The van der Waals surface area contributed by atoms with Gasteiger partial charge in [-0.2, -0.15) is 5.10 Å². The maximum Gasteiger partial charge on any atom is 0.410 e. The van der Waals surface area contributed by atoms with E-state index in [-0.39, 0.29) is 24.3 Å². The summed E-state index contributed by atoms with van der Waals surface area (Å²) in [7, 11) is 1.96. The Morgan fingerprint density at radius 3 is 2.29 bits per heavy atom. The van der Waals surface area contributed by atoms with Gasteiger partial charge in [0.2, 0.25) is 5.88 Å². The van der Waals surface area contributed by atoms with E-state index in [2.05, 4.69) is 59.7 Å². The van der Waals surface area contributed by atoms with Gasteiger partial charge >= 0.3 is 6.09 Å². The van der Waals surface area contributed by atoms with Crippen molar-refractivity contribution in [2.24, 2.45) is 7.05 Å². The molecule has 0 aliphatic carbocycles. The van der Waals surface area contributed by atoms with Crippen LogP contribution in [0.5, 0.6) is 5.88 Å². The fourth-order valence-electron chi connectivity index (χ4n) is 6.04. The number of carbonyl (C=O) groups is 1. The van der Waals surface area contributed by atoms with E-state index in [1.54, 1.807) is 6.20 Å². The lowest BCUT2D eigenvalue weighted by molar-refractivity contribution is 0.0112. The number of aryl methyl sites for hydroxylation is 1. The summed E-state index contributed by atoms with van der Waals surface area (Å²) in [5, 5.41) is 9.67. The molecule has 0 saturated carbocycles. The molecule has 8 heteroatoms. The van der Waals surface area contributed by atoms with Crippen LogP contribution < -0.4 is 10.1 Å². The number of aromatic nitrogens is 3. The minimum Gasteiger partial charge on any atom is -0.464 e. The Kier molecular flexibility index (Phi) is 8.48. The van der Waals surface area contributed by atoms with Gasteiger partial charge in [0, 0.05) is 42.9 Å². The minimum absolute atomic E-state index is 0.0812. The molecule has 3 heterocycles. The molecule has 2 aromatic heterocycles. The van der Waals surface area contributed by atoms with Crippen LogP contribution in [-0.2, 0) is 11.8 Å². The average molecular weight is 604 g/mol. The number of fused-ring (bicyclic) bond motifs is 1. The molecular formula is C37H41N5O3. The molecule has 2 atom stereocenters. The molecule has 1 aliphatic rings. The van der Waals surface area contributed by atoms with Crippen molar-refractivity contribution >= 4 is 22.7 Å². The van der Waals surface area contributed by atoms with E-state index in [1.165, 1.54) is 0 Å². The van der Waals surface area contributed by atoms with Gasteiger partial charge in [-0.3, -0.25) is 4.68 Å². The molecule has 1 aliphatic heterocycles. The van der Waals surface area contributed by atoms with E-state index in [1.807, 2.05) is 85.9 Å². The second-order valence-corrected chi connectivity index (χ2v) is 12.8. The number of amides is 1. The first kappa shape index (κ1) is 30.2. The van der Waals surface area contributed by atoms with Crippen LogP contribution in [0.4, 0.5) is 10.5 Å². The van der Waals surface area contributed by atoms with Gasteiger partial charge in [0.15, 0.2) is 6.10 Å². The number of pyridine rings is 1. The summed E-state index contributed by atoms with van der Waals surface area (Å²) in [5.41, 5.74) is 5.28. The van der Waals surface area contributed by atoms with Crippen LogP contribution in [0.15, 0.2) is 97.2 Å². The summed E-state index contributed by atoms with van der Waals surface area (Å²) in [6.45, 7) is 8.44. The standard InChI is InChI=1S/C37H41N5O3/c1-25-23-29(20-22-42(25)36(43)45-37(2,3)4)39-28-18-19-30-32(24-28)41(5)40-33(30)31-17-12-21-38-35(31)44-34(26-13-8-6-9-14-26)27-15-10-7-11-16-27/h6-19,21,24-25,29,34,39H,20,22-23H2,1-5H3/t25-,29+/m0/s1. The highest BCUT2D eigenvalue weighted by Gasteiger charge is 2.32. The molecule has 0 unspecified atom stereocenters. The molecule has 232 valence electrons. The maximum absolute atomic E-state index is 12.7. The number of piperidine rings is 1. The van der Waals surface area contributed by atoms with Crippen LogP contribution >= 0.6 is 0 Å². The Hall–Kier alpha value is -4.85. The Morgan fingerprint density at radius 1 is 0.956 bits per heavy atom. The zero-order valence-corrected chi connectivity index (χ0v) is 26.6. The molecule has 45 heavy (non-hydrogen) atoms. The Labute approximate surface area is 265 Å². The molecule has 0 bridgehead atoms. The fourth-order valence-corrected chi connectivity index (χ4v) is 6.04. The van der Waals surface area contributed by atoms with Gasteiger partial charge in [-0.15, -0.1) is 0 Å². The molecule has 5 aromatic rings. The Bertz CT molecular complexity index is 1720. The molecule has 0 spiro atoms. The number of nitrogens with zero attached hydrogens (tertiary/aromatic N) is 4. The van der Waals surface area contributed by atoms with Crippen LogP contribution in [0.25, 0.3) is 22.2 Å². The number of carbonyl (C=O) groups excluding carboxylic acids is 1. The number of ether oxygens (including phenoxy) is 2. The highest BCUT2D eigenvalue weighted by molar-refractivity contribution is 5.96. The maximum atomic E-state index is 12.7. The molecule has 0 radical (unpaired) electrons. The lowest BCUT2D eigenvalue weighted by atomic mass is 9.98. The number of hydrogen-bond acceptors (Lipinski definition) is 6. The lowest BCUT2D eigenvalue weighted by Crippen LogP contribution is -2.49. The van der Waals surface area contributed by atoms with Crippen molar-refractivity contribution in [3.63, 3.8) is 0 Å². The molecule has 1 amide bonds. The number of anilines is 1. The first-order chi connectivity index (χ1) is 21.7. The molecule has 1 N–H and O–H groups in total. The summed E-state index contributed by atoms with van der Waals surface area (Å²) in [4.78, 5) is 19.2. The van der Waals surface area contributed by atoms with Crippen molar-refractivity contribution in [2.45, 2.75) is 64.3 Å². The van der Waals surface area contributed by atoms with Gasteiger partial charge in [-0.1, -0.05) is 60.7 Å². The highest BCUT2D eigenvalue weighted by Crippen LogP contribution is 2.37. The van der Waals surface area contributed by atoms with Crippen molar-refractivity contribution in [3.05, 3.63) is 108 Å². The van der Waals surface area contributed by atoms with Crippen molar-refractivity contribution in [3.8, 4) is 17.1 Å². The number of likely N-dealkylation sites (tertiary alicyclic amines) is 1. The van der Waals surface area contributed by atoms with Crippen LogP contribution in [0.1, 0.15) is 57.8 Å². The minimum atomic E-state index is -0.503. The molecule has 1 fully saturated rings. The number of nitrogens with one attached hydrogen (secondary N) is 1. The van der Waals surface area contributed by atoms with Crippen molar-refractivity contribution in [1.29, 1.82) is 0 Å². The van der Waals surface area contributed by atoms with Gasteiger partial charge in [0.05, 0.1) is 11.1 Å². The molecular weight excluding hydrogens is 562 g/mol. The summed E-state index contributed by atoms with van der Waals surface area (Å²) >= 11 is 0. The van der Waals surface area contributed by atoms with Crippen LogP contribution in [-0.4, -0.2) is 50.0 Å². The first-order valence-electron chi connectivity index (χ1n) is 15.6. The van der Waals surface area contributed by atoms with Crippen LogP contribution in [0, 0.1) is 0 Å². The van der Waals surface area contributed by atoms with Gasteiger partial charge in [0.1, 0.15) is 11.3 Å². The lowest BCUT2D eigenvalue weighted by Gasteiger charge is -2.38. The monoisotopic (exact) mass is 603 g/mol. The van der Waals surface area contributed by atoms with E-state index in [4.69, 9.17) is 14.6 Å². The summed E-state index contributed by atoms with van der Waals surface area (Å²) in [6, 6.07) is 31.0. The quantitative estimate of drug-likeness (QED) is 0.203. The first-order valence-corrected chi connectivity index (χ1v) is 15.6. The molecule has 3 aromatic carbocycles. The average Bonchev–Trinajstić information content (AvgIpc) is 3.35. The predicted molar refractivity (Wildman–Crippen MR) is 178 cm³/mol. The van der Waals surface area contributed by atoms with Gasteiger partial charge in [-0.25, -0.2) is 9.78 Å². The predicted octanol–water partition coefficient (Wildman–Crippen LogP) is 8.00. The molecule has 8 nitrogen and oxygen atoms in total. The third kappa shape index (κ3) is 6.80. The van der Waals surface area contributed by atoms with Crippen molar-refractivity contribution in [1.82, 2.24) is 19.7 Å². The zero-order chi connectivity index (χ0) is 31.6. The third-order valence-corrected chi connectivity index (χ3v) is 8.19. The fraction of sp³-hybridized carbons (Fsp3) is 0.324. The SMILES string of the molecule is C[C@H]1C[C@H](Nc2ccc3c(-c4cccnc4OC(c4ccccc4)c4ccccc4)nn(C)c3c2)CCN1C(=O)OC(C)(C)C. The van der Waals surface area contributed by atoms with Crippen LogP contribution in [0.2, 0.25) is 0 Å². The summed E-state index contributed by atoms with van der Waals surface area (Å²) in [6.07, 6.45) is 2.88. The van der Waals surface area contributed by atoms with Gasteiger partial charge < -0.3 is 19.7 Å². The largest absolute Gasteiger partial charge is 0.464 e. The normalized spacial score (nSPS) is 17.0. The van der Waals surface area contributed by atoms with Gasteiger partial charge in [0.25, 0.3) is 0 Å². The zero-order valence-electron chi connectivity index (χ0n) is 26.6. The van der Waals surface area contributed by atoms with E-state index in [0.29, 0.717) is 12.4 Å². The van der Waals surface area contributed by atoms with Crippen molar-refractivity contribution < 1.29 is 14.3 Å². The number of benzene rings is 3. The highest BCUT2D eigenvalue weighted by atomic mass is 16.6. The molecule has 1 saturated heterocycles. The van der Waals surface area contributed by atoms with E-state index < -0.39 is 5.60 Å². The summed E-state index contributed by atoms with van der Waals surface area (Å²) < 4.78 is 14.2. The second kappa shape index (κ2) is 12.6. The van der Waals surface area contributed by atoms with E-state index in [0.717, 1.165) is 51.8 Å². The topological polar surface area (TPSA) is 81.5 Å². The molecule has 6 rings (SSSR count). The Morgan fingerprint density at radius 2 is 1.64 bits per heavy atom. The van der Waals surface area contributed by atoms with Crippen molar-refractivity contribution in [2.75, 3.05) is 11.9 Å². The second-order valence-electron chi connectivity index (χ2n) is 12.8. The summed E-state index contributed by atoms with van der Waals surface area (Å²) in [5.74, 6) is 0.531. The van der Waals surface area contributed by atoms with E-state index in [9.17, 15) is 4.79 Å². The Balaban J connectivity index is 1.24. The van der Waals surface area contributed by atoms with E-state index >= 15 is 0 Å². The third-order valence-electron chi connectivity index (χ3n) is 8.19. The van der Waals surface area contributed by atoms with Gasteiger partial charge in [-0.05, 0) is 82.0 Å². The number of hydrogen-bond donors (Lipinski definition) is 1. The van der Waals surface area contributed by atoms with Crippen LogP contribution in [0.3, 0.4) is 0 Å². The smallest absolute Gasteiger partial charge is 0.410 e. The number of rotatable bonds is 7.